The molecule has 0 fully saturated rings. The minimum Gasteiger partial charge on any atom is -0.387 e. The van der Waals surface area contributed by atoms with Crippen LogP contribution in [-0.4, -0.2) is 53.7 Å². The van der Waals surface area contributed by atoms with Crippen LogP contribution in [0.5, 0.6) is 0 Å². The van der Waals surface area contributed by atoms with Crippen LogP contribution < -0.4 is 10.6 Å². The lowest BCUT2D eigenvalue weighted by molar-refractivity contribution is -0.00177. The van der Waals surface area contributed by atoms with E-state index in [1.165, 1.54) is 32.3 Å². The van der Waals surface area contributed by atoms with E-state index in [2.05, 4.69) is 25.8 Å². The van der Waals surface area contributed by atoms with Gasteiger partial charge in [-0.25, -0.2) is 13.6 Å². The summed E-state index contributed by atoms with van der Waals surface area (Å²) in [5.74, 6) is -0.693. The van der Waals surface area contributed by atoms with Crippen LogP contribution in [0.25, 0.3) is 16.9 Å². The van der Waals surface area contributed by atoms with Gasteiger partial charge in [-0.15, -0.1) is 0 Å². The average Bonchev–Trinajstić information content (AvgIpc) is 3.48. The molecule has 0 bridgehead atoms. The summed E-state index contributed by atoms with van der Waals surface area (Å²) in [6.45, 7) is -0.746. The van der Waals surface area contributed by atoms with Crippen molar-refractivity contribution in [2.45, 2.75) is 32.2 Å². The molecular weight excluding hydrogens is 477 g/mol. The maximum atomic E-state index is 14.2. The Kier molecular flexibility index (Phi) is 6.63. The molecular formula is C23H21F3N8O2. The highest BCUT2D eigenvalue weighted by molar-refractivity contribution is 6.00. The monoisotopic (exact) mass is 498 g/mol. The first-order valence-corrected chi connectivity index (χ1v) is 10.7. The van der Waals surface area contributed by atoms with Gasteiger partial charge < -0.3 is 15.7 Å². The predicted octanol–water partition coefficient (Wildman–Crippen LogP) is 3.44. The molecule has 4 rings (SSSR count). The highest BCUT2D eigenvalue weighted by atomic mass is 19.3. The number of fused-ring (bicyclic) bond motifs is 1. The second-order valence-electron chi connectivity index (χ2n) is 8.47. The second-order valence-corrected chi connectivity index (χ2v) is 8.47. The van der Waals surface area contributed by atoms with E-state index >= 15 is 0 Å². The number of carbonyl (C=O) groups excluding carboxylic acids is 1. The maximum Gasteiger partial charge on any atom is 0.333 e. The fraction of sp³-hybridized carbons (Fsp3) is 0.261. The fourth-order valence-electron chi connectivity index (χ4n) is 3.33. The van der Waals surface area contributed by atoms with Crippen LogP contribution in [-0.2, 0) is 0 Å². The summed E-state index contributed by atoms with van der Waals surface area (Å²) in [5, 5.41) is 32.0. The highest BCUT2D eigenvalue weighted by Gasteiger charge is 2.27. The number of amides is 1. The number of halogens is 3. The van der Waals surface area contributed by atoms with Gasteiger partial charge in [-0.1, -0.05) is 0 Å². The highest BCUT2D eigenvalue weighted by Crippen LogP contribution is 2.28. The van der Waals surface area contributed by atoms with Gasteiger partial charge in [-0.2, -0.15) is 24.2 Å². The SMILES string of the molecule is CC(C)(O)[C@H](F)CNC(=O)c1cnc(-c2ccc3cc(C#N)cnn23)cc1Nc1cnn(C(F)F)c1. The molecule has 0 aliphatic heterocycles. The van der Waals surface area contributed by atoms with Crippen LogP contribution in [0.2, 0.25) is 0 Å². The average molecular weight is 498 g/mol. The van der Waals surface area contributed by atoms with Crippen molar-refractivity contribution in [3.05, 3.63) is 60.2 Å². The topological polar surface area (TPSA) is 133 Å². The molecule has 1 atom stereocenters. The minimum absolute atomic E-state index is 0.00656. The lowest BCUT2D eigenvalue weighted by Gasteiger charge is -2.22. The second kappa shape index (κ2) is 9.67. The number of pyridine rings is 1. The number of nitrogens with zero attached hydrogens (tertiary/aromatic N) is 6. The third kappa shape index (κ3) is 5.13. The normalized spacial score (nSPS) is 12.5. The van der Waals surface area contributed by atoms with Crippen molar-refractivity contribution in [3.63, 3.8) is 0 Å². The lowest BCUT2D eigenvalue weighted by atomic mass is 10.0. The van der Waals surface area contributed by atoms with Crippen molar-refractivity contribution in [2.24, 2.45) is 0 Å². The molecule has 0 aromatic carbocycles. The zero-order chi connectivity index (χ0) is 26.0. The van der Waals surface area contributed by atoms with Crippen LogP contribution in [0.3, 0.4) is 0 Å². The standard InChI is InChI=1S/C23H21F3N8O2/c1-23(2,36)20(24)11-29-21(35)16-10-28-18(6-17(16)32-14-9-30-33(12-14)22(25)26)19-4-3-15-5-13(7-27)8-31-34(15)19/h3-6,8-10,12,20,22,36H,11H2,1-2H3,(H,28,32)(H,29,35)/t20-/m1/s1. The quantitative estimate of drug-likeness (QED) is 0.339. The van der Waals surface area contributed by atoms with Crippen molar-refractivity contribution in [1.29, 1.82) is 5.26 Å². The van der Waals surface area contributed by atoms with Gasteiger partial charge in [-0.3, -0.25) is 9.78 Å². The molecule has 0 spiro atoms. The molecule has 3 N–H and O–H groups in total. The summed E-state index contributed by atoms with van der Waals surface area (Å²) in [5.41, 5.74) is 0.656. The molecule has 13 heteroatoms. The largest absolute Gasteiger partial charge is 0.387 e. The molecule has 0 saturated heterocycles. The number of anilines is 2. The third-order valence-electron chi connectivity index (χ3n) is 5.33. The van der Waals surface area contributed by atoms with Crippen molar-refractivity contribution < 1.29 is 23.1 Å². The Morgan fingerprint density at radius 2 is 1.97 bits per heavy atom. The Morgan fingerprint density at radius 3 is 2.64 bits per heavy atom. The van der Waals surface area contributed by atoms with E-state index in [1.807, 2.05) is 6.07 Å². The van der Waals surface area contributed by atoms with E-state index in [-0.39, 0.29) is 16.9 Å². The molecule has 0 unspecified atom stereocenters. The lowest BCUT2D eigenvalue weighted by Crippen LogP contribution is -2.42. The number of nitriles is 1. The number of alkyl halides is 3. The van der Waals surface area contributed by atoms with Crippen LogP contribution in [0.4, 0.5) is 24.5 Å². The Balaban J connectivity index is 1.70. The number of aliphatic hydroxyl groups is 1. The van der Waals surface area contributed by atoms with Gasteiger partial charge in [0, 0.05) is 6.20 Å². The maximum absolute atomic E-state index is 14.2. The molecule has 4 heterocycles. The summed E-state index contributed by atoms with van der Waals surface area (Å²) in [4.78, 5) is 17.2. The molecule has 0 saturated carbocycles. The molecule has 186 valence electrons. The van der Waals surface area contributed by atoms with Crippen LogP contribution >= 0.6 is 0 Å². The summed E-state index contributed by atoms with van der Waals surface area (Å²) in [7, 11) is 0. The van der Waals surface area contributed by atoms with Gasteiger partial charge in [0.15, 0.2) is 0 Å². The number of carbonyl (C=O) groups is 1. The Morgan fingerprint density at radius 1 is 1.19 bits per heavy atom. The molecule has 0 aliphatic carbocycles. The summed E-state index contributed by atoms with van der Waals surface area (Å²) >= 11 is 0. The number of hydrogen-bond acceptors (Lipinski definition) is 7. The zero-order valence-electron chi connectivity index (χ0n) is 19.2. The van der Waals surface area contributed by atoms with Gasteiger partial charge in [0.05, 0.1) is 70.1 Å². The Hall–Kier alpha value is -4.44. The summed E-state index contributed by atoms with van der Waals surface area (Å²) in [6, 6.07) is 8.63. The first-order valence-electron chi connectivity index (χ1n) is 10.7. The third-order valence-corrected chi connectivity index (χ3v) is 5.33. The van der Waals surface area contributed by atoms with Crippen molar-refractivity contribution in [3.8, 4) is 17.5 Å². The molecule has 36 heavy (non-hydrogen) atoms. The molecule has 0 radical (unpaired) electrons. The van der Waals surface area contributed by atoms with Gasteiger partial charge in [-0.05, 0) is 38.1 Å². The minimum atomic E-state index is -2.85. The van der Waals surface area contributed by atoms with E-state index < -0.39 is 30.8 Å². The Labute approximate surface area is 203 Å². The number of aromatic nitrogens is 5. The molecule has 4 aromatic heterocycles. The number of rotatable bonds is 8. The van der Waals surface area contributed by atoms with Gasteiger partial charge in [0.2, 0.25) is 0 Å². The Bertz CT molecular complexity index is 1450. The van der Waals surface area contributed by atoms with E-state index in [4.69, 9.17) is 5.26 Å². The molecule has 1 amide bonds. The van der Waals surface area contributed by atoms with Gasteiger partial charge in [0.25, 0.3) is 5.91 Å². The smallest absolute Gasteiger partial charge is 0.333 e. The predicted molar refractivity (Wildman–Crippen MR) is 123 cm³/mol. The summed E-state index contributed by atoms with van der Waals surface area (Å²) < 4.78 is 42.1. The first-order chi connectivity index (χ1) is 17.1. The van der Waals surface area contributed by atoms with Crippen molar-refractivity contribution >= 4 is 22.8 Å². The van der Waals surface area contributed by atoms with Crippen LogP contribution in [0.1, 0.15) is 36.3 Å². The van der Waals surface area contributed by atoms with Gasteiger partial charge in [0.1, 0.15) is 12.2 Å². The zero-order valence-corrected chi connectivity index (χ0v) is 19.2. The van der Waals surface area contributed by atoms with Gasteiger partial charge >= 0.3 is 6.55 Å². The van der Waals surface area contributed by atoms with E-state index in [0.717, 1.165) is 12.4 Å². The number of nitrogens with one attached hydrogen (secondary N) is 2. The van der Waals surface area contributed by atoms with E-state index in [1.54, 1.807) is 22.7 Å². The molecule has 4 aromatic rings. The molecule has 0 aliphatic rings. The van der Waals surface area contributed by atoms with Crippen molar-refractivity contribution in [1.82, 2.24) is 29.7 Å². The van der Waals surface area contributed by atoms with Crippen LogP contribution in [0, 0.1) is 11.3 Å². The van der Waals surface area contributed by atoms with Crippen LogP contribution in [0.15, 0.2) is 49.1 Å². The molecule has 10 nitrogen and oxygen atoms in total. The van der Waals surface area contributed by atoms with Crippen molar-refractivity contribution in [2.75, 3.05) is 11.9 Å². The summed E-state index contributed by atoms with van der Waals surface area (Å²) in [6.07, 6.45) is 3.15. The fourth-order valence-corrected chi connectivity index (χ4v) is 3.33. The van der Waals surface area contributed by atoms with E-state index in [9.17, 15) is 23.1 Å². The first kappa shape index (κ1) is 24.7. The van der Waals surface area contributed by atoms with E-state index in [0.29, 0.717) is 27.1 Å². The number of hydrogen-bond donors (Lipinski definition) is 3.